The molecule has 3 aromatic heterocycles. The van der Waals surface area contributed by atoms with Crippen LogP contribution >= 0.6 is 0 Å². The van der Waals surface area contributed by atoms with E-state index in [4.69, 9.17) is 15.0 Å². The predicted octanol–water partition coefficient (Wildman–Crippen LogP) is 13.9. The molecule has 62 heavy (non-hydrogen) atoms. The summed E-state index contributed by atoms with van der Waals surface area (Å²) in [5, 5.41) is 3.47. The highest BCUT2D eigenvalue weighted by atomic mass is 15.3. The first-order valence-electron chi connectivity index (χ1n) is 21.2. The summed E-state index contributed by atoms with van der Waals surface area (Å²) in [6.07, 6.45) is 5.45. The molecule has 5 nitrogen and oxygen atoms in total. The van der Waals surface area contributed by atoms with Crippen LogP contribution in [-0.4, -0.2) is 24.1 Å². The third-order valence-electron chi connectivity index (χ3n) is 12.4. The highest BCUT2D eigenvalue weighted by molar-refractivity contribution is 6.10. The Bertz CT molecular complexity index is 3460. The van der Waals surface area contributed by atoms with E-state index in [9.17, 15) is 0 Å². The van der Waals surface area contributed by atoms with Crippen LogP contribution in [0, 0.1) is 0 Å². The average Bonchev–Trinajstić information content (AvgIpc) is 3.87. The van der Waals surface area contributed by atoms with Gasteiger partial charge in [-0.05, 0) is 63.6 Å². The highest BCUT2D eigenvalue weighted by Gasteiger charge is 2.26. The Morgan fingerprint density at radius 2 is 0.839 bits per heavy atom. The van der Waals surface area contributed by atoms with Crippen LogP contribution in [0.25, 0.3) is 95.5 Å². The fourth-order valence-corrected chi connectivity index (χ4v) is 9.33. The largest absolute Gasteiger partial charge is 0.282 e. The number of hydrogen-bond acceptors (Lipinski definition) is 3. The van der Waals surface area contributed by atoms with Gasteiger partial charge in [0.05, 0.1) is 16.6 Å². The Balaban J connectivity index is 1.06. The van der Waals surface area contributed by atoms with Gasteiger partial charge in [-0.3, -0.25) is 9.13 Å². The number of allylic oxidation sites excluding steroid dienone is 1. The van der Waals surface area contributed by atoms with Gasteiger partial charge in [-0.25, -0.2) is 0 Å². The normalized spacial score (nSPS) is 13.5. The van der Waals surface area contributed by atoms with Crippen molar-refractivity contribution in [3.63, 3.8) is 0 Å². The van der Waals surface area contributed by atoms with Crippen LogP contribution in [0.2, 0.25) is 0 Å². The van der Waals surface area contributed by atoms with E-state index in [1.165, 1.54) is 33.3 Å². The standard InChI is InChI=1S/C57H39N5/c1-4-14-38(15-5-1)41-24-26-42(27-25-41)43-28-30-44(31-29-43)55-58-56(61-51-22-12-10-20-47(51)49-34-32-45(36-53(49)61)39-16-6-2-7-17-39)60-57(59-55)62-52-23-13-11-21-48(52)50-35-33-46(37-54(50)62)40-18-8-3-9-19-40/h1-36,46H,37H2. The second-order valence-electron chi connectivity index (χ2n) is 16.0. The van der Waals surface area contributed by atoms with Crippen LogP contribution in [0.4, 0.5) is 0 Å². The summed E-state index contributed by atoms with van der Waals surface area (Å²) >= 11 is 0. The van der Waals surface area contributed by atoms with E-state index in [1.807, 2.05) is 0 Å². The molecule has 0 amide bonds. The molecule has 11 aromatic rings. The molecule has 0 spiro atoms. The lowest BCUT2D eigenvalue weighted by molar-refractivity contribution is 0.761. The van der Waals surface area contributed by atoms with E-state index in [1.54, 1.807) is 0 Å². The first-order valence-corrected chi connectivity index (χ1v) is 21.2. The third-order valence-corrected chi connectivity index (χ3v) is 12.4. The number of benzene rings is 8. The van der Waals surface area contributed by atoms with Crippen molar-refractivity contribution >= 4 is 38.8 Å². The Morgan fingerprint density at radius 3 is 1.48 bits per heavy atom. The molecule has 0 saturated carbocycles. The van der Waals surface area contributed by atoms with Crippen molar-refractivity contribution in [3.05, 3.63) is 229 Å². The molecule has 0 fully saturated rings. The zero-order valence-corrected chi connectivity index (χ0v) is 33.8. The number of rotatable bonds is 7. The fourth-order valence-electron chi connectivity index (χ4n) is 9.33. The van der Waals surface area contributed by atoms with Gasteiger partial charge in [-0.1, -0.05) is 200 Å². The zero-order valence-electron chi connectivity index (χ0n) is 33.8. The molecule has 12 rings (SSSR count). The highest BCUT2D eigenvalue weighted by Crippen LogP contribution is 2.39. The maximum Gasteiger partial charge on any atom is 0.240 e. The average molecular weight is 794 g/mol. The van der Waals surface area contributed by atoms with Gasteiger partial charge in [0.15, 0.2) is 5.82 Å². The molecular formula is C57H39N5. The molecule has 3 heterocycles. The maximum absolute atomic E-state index is 5.48. The molecule has 0 aliphatic heterocycles. The van der Waals surface area contributed by atoms with Gasteiger partial charge < -0.3 is 0 Å². The van der Waals surface area contributed by atoms with E-state index in [2.05, 4.69) is 228 Å². The van der Waals surface area contributed by atoms with E-state index in [0.29, 0.717) is 17.7 Å². The van der Waals surface area contributed by atoms with E-state index in [-0.39, 0.29) is 5.92 Å². The van der Waals surface area contributed by atoms with Crippen molar-refractivity contribution < 1.29 is 0 Å². The van der Waals surface area contributed by atoms with Crippen molar-refractivity contribution in [1.82, 2.24) is 24.1 Å². The Morgan fingerprint density at radius 1 is 0.371 bits per heavy atom. The van der Waals surface area contributed by atoms with Gasteiger partial charge in [0, 0.05) is 38.9 Å². The van der Waals surface area contributed by atoms with E-state index in [0.717, 1.165) is 61.6 Å². The van der Waals surface area contributed by atoms with Crippen LogP contribution in [-0.2, 0) is 6.42 Å². The lowest BCUT2D eigenvalue weighted by Crippen LogP contribution is -2.14. The minimum atomic E-state index is 0.218. The molecular weight excluding hydrogens is 755 g/mol. The minimum absolute atomic E-state index is 0.218. The molecule has 1 unspecified atom stereocenters. The maximum atomic E-state index is 5.48. The lowest BCUT2D eigenvalue weighted by atomic mass is 9.88. The van der Waals surface area contributed by atoms with Gasteiger partial charge >= 0.3 is 0 Å². The molecule has 0 N–H and O–H groups in total. The fraction of sp³-hybridized carbons (Fsp3) is 0.0351. The number of para-hydroxylation sites is 2. The molecule has 1 atom stereocenters. The monoisotopic (exact) mass is 793 g/mol. The second kappa shape index (κ2) is 14.8. The molecule has 8 aromatic carbocycles. The van der Waals surface area contributed by atoms with Gasteiger partial charge in [-0.15, -0.1) is 0 Å². The molecule has 0 radical (unpaired) electrons. The molecule has 1 aliphatic carbocycles. The summed E-state index contributed by atoms with van der Waals surface area (Å²) in [6, 6.07) is 73.1. The van der Waals surface area contributed by atoms with Crippen molar-refractivity contribution in [2.45, 2.75) is 12.3 Å². The van der Waals surface area contributed by atoms with Gasteiger partial charge in [-0.2, -0.15) is 15.0 Å². The summed E-state index contributed by atoms with van der Waals surface area (Å²) in [4.78, 5) is 16.2. The Hall–Kier alpha value is -8.15. The first-order chi connectivity index (χ1) is 30.7. The summed E-state index contributed by atoms with van der Waals surface area (Å²) in [5.41, 5.74) is 14.7. The molecule has 292 valence electrons. The first kappa shape index (κ1) is 35.8. The lowest BCUT2D eigenvalue weighted by Gasteiger charge is -2.20. The number of hydrogen-bond donors (Lipinski definition) is 0. The molecule has 0 bridgehead atoms. The quantitative estimate of drug-likeness (QED) is 0.161. The topological polar surface area (TPSA) is 48.5 Å². The summed E-state index contributed by atoms with van der Waals surface area (Å²) in [5.74, 6) is 1.99. The van der Waals surface area contributed by atoms with Crippen LogP contribution < -0.4 is 0 Å². The summed E-state index contributed by atoms with van der Waals surface area (Å²) < 4.78 is 4.50. The van der Waals surface area contributed by atoms with Gasteiger partial charge in [0.2, 0.25) is 11.9 Å². The van der Waals surface area contributed by atoms with Gasteiger partial charge in [0.25, 0.3) is 0 Å². The van der Waals surface area contributed by atoms with Crippen LogP contribution in [0.1, 0.15) is 22.7 Å². The molecule has 1 aliphatic rings. The van der Waals surface area contributed by atoms with Crippen molar-refractivity contribution in [2.24, 2.45) is 0 Å². The van der Waals surface area contributed by atoms with Crippen molar-refractivity contribution in [1.29, 1.82) is 0 Å². The predicted molar refractivity (Wildman–Crippen MR) is 255 cm³/mol. The van der Waals surface area contributed by atoms with Crippen molar-refractivity contribution in [3.8, 4) is 56.7 Å². The Labute approximate surface area is 359 Å². The van der Waals surface area contributed by atoms with Gasteiger partial charge in [0.1, 0.15) is 0 Å². The van der Waals surface area contributed by atoms with E-state index >= 15 is 0 Å². The number of nitrogens with zero attached hydrogens (tertiary/aromatic N) is 5. The number of fused-ring (bicyclic) bond motifs is 6. The van der Waals surface area contributed by atoms with Crippen LogP contribution in [0.3, 0.4) is 0 Å². The molecule has 0 saturated heterocycles. The zero-order chi connectivity index (χ0) is 41.0. The molecule has 5 heteroatoms. The second-order valence-corrected chi connectivity index (χ2v) is 16.0. The van der Waals surface area contributed by atoms with Crippen molar-refractivity contribution in [2.75, 3.05) is 0 Å². The summed E-state index contributed by atoms with van der Waals surface area (Å²) in [7, 11) is 0. The van der Waals surface area contributed by atoms with Crippen LogP contribution in [0.15, 0.2) is 212 Å². The SMILES string of the molecule is C1=CC(c2ccccc2)Cc2c1c1ccccc1n2-c1nc(-c2ccc(-c3ccc(-c4ccccc4)cc3)cc2)nc(-n2c3ccccc3c3ccc(-c4ccccc4)cc32)n1. The van der Waals surface area contributed by atoms with E-state index < -0.39 is 0 Å². The third kappa shape index (κ3) is 6.13. The smallest absolute Gasteiger partial charge is 0.240 e. The van der Waals surface area contributed by atoms with Crippen LogP contribution in [0.5, 0.6) is 0 Å². The minimum Gasteiger partial charge on any atom is -0.282 e. The number of aromatic nitrogens is 5. The summed E-state index contributed by atoms with van der Waals surface area (Å²) in [6.45, 7) is 0. The Kier molecular flexibility index (Phi) is 8.56.